The molecule has 16 heavy (non-hydrogen) atoms. The molecule has 1 aromatic carbocycles. The molecule has 0 aliphatic carbocycles. The summed E-state index contributed by atoms with van der Waals surface area (Å²) in [5.74, 6) is 0.688. The van der Waals surface area contributed by atoms with E-state index in [2.05, 4.69) is 6.92 Å². The molecule has 0 aliphatic rings. The van der Waals surface area contributed by atoms with Gasteiger partial charge in [-0.2, -0.15) is 0 Å². The van der Waals surface area contributed by atoms with Crippen molar-refractivity contribution in [1.29, 1.82) is 0 Å². The van der Waals surface area contributed by atoms with E-state index in [0.29, 0.717) is 9.33 Å². The average Bonchev–Trinajstić information content (AvgIpc) is 2.33. The average molecular weight is 326 g/mol. The van der Waals surface area contributed by atoms with Crippen molar-refractivity contribution in [3.8, 4) is 11.3 Å². The molecule has 0 saturated heterocycles. The first-order chi connectivity index (χ1) is 7.72. The lowest BCUT2D eigenvalue weighted by atomic mass is 10.1. The van der Waals surface area contributed by atoms with Gasteiger partial charge in [-0.15, -0.1) is 0 Å². The van der Waals surface area contributed by atoms with E-state index in [1.54, 1.807) is 0 Å². The smallest absolute Gasteiger partial charge is 0.349 e. The van der Waals surface area contributed by atoms with Crippen LogP contribution in [0.2, 0.25) is 0 Å². The van der Waals surface area contributed by atoms with Gasteiger partial charge in [0.1, 0.15) is 5.76 Å². The van der Waals surface area contributed by atoms with E-state index in [-0.39, 0.29) is 5.63 Å². The molecule has 3 heteroatoms. The van der Waals surface area contributed by atoms with E-state index < -0.39 is 0 Å². The summed E-state index contributed by atoms with van der Waals surface area (Å²) in [7, 11) is 0. The predicted molar refractivity (Wildman–Crippen MR) is 72.5 cm³/mol. The van der Waals surface area contributed by atoms with Gasteiger partial charge in [0, 0.05) is 5.56 Å². The molecule has 0 unspecified atom stereocenters. The van der Waals surface area contributed by atoms with Gasteiger partial charge in [-0.3, -0.25) is 0 Å². The van der Waals surface area contributed by atoms with Crippen LogP contribution in [0.3, 0.4) is 0 Å². The van der Waals surface area contributed by atoms with Crippen molar-refractivity contribution in [3.63, 3.8) is 0 Å². The predicted octanol–water partition coefficient (Wildman–Crippen LogP) is 3.47. The van der Waals surface area contributed by atoms with Gasteiger partial charge in [-0.05, 0) is 40.6 Å². The van der Waals surface area contributed by atoms with Crippen LogP contribution in [0.5, 0.6) is 0 Å². The van der Waals surface area contributed by atoms with Gasteiger partial charge in [0.05, 0.1) is 3.57 Å². The van der Waals surface area contributed by atoms with E-state index >= 15 is 0 Å². The second-order valence-corrected chi connectivity index (χ2v) is 4.62. The molecule has 2 rings (SSSR count). The zero-order valence-corrected chi connectivity index (χ0v) is 11.0. The molecule has 1 aromatic heterocycles. The molecule has 2 aromatic rings. The summed E-state index contributed by atoms with van der Waals surface area (Å²) in [6.07, 6.45) is 0.851. The van der Waals surface area contributed by atoms with Crippen molar-refractivity contribution in [3.05, 3.63) is 56.0 Å². The number of hydrogen-bond acceptors (Lipinski definition) is 2. The summed E-state index contributed by atoms with van der Waals surface area (Å²) in [6, 6.07) is 11.6. The van der Waals surface area contributed by atoms with Gasteiger partial charge in [0.2, 0.25) is 0 Å². The molecule has 0 saturated carbocycles. The van der Waals surface area contributed by atoms with Crippen LogP contribution in [0.4, 0.5) is 0 Å². The molecule has 82 valence electrons. The Morgan fingerprint density at radius 3 is 2.56 bits per heavy atom. The van der Waals surface area contributed by atoms with Crippen molar-refractivity contribution in [2.45, 2.75) is 13.3 Å². The molecule has 0 atom stereocenters. The summed E-state index contributed by atoms with van der Waals surface area (Å²) in [4.78, 5) is 11.5. The number of rotatable bonds is 2. The van der Waals surface area contributed by atoms with Gasteiger partial charge in [0.25, 0.3) is 0 Å². The first kappa shape index (κ1) is 11.4. The lowest BCUT2D eigenvalue weighted by Gasteiger charge is -2.06. The fourth-order valence-electron chi connectivity index (χ4n) is 1.58. The monoisotopic (exact) mass is 326 g/mol. The van der Waals surface area contributed by atoms with Crippen LogP contribution in [0.1, 0.15) is 12.5 Å². The molecule has 0 bridgehead atoms. The van der Waals surface area contributed by atoms with E-state index in [1.807, 2.05) is 59.0 Å². The summed E-state index contributed by atoms with van der Waals surface area (Å²) in [5, 5.41) is 0. The first-order valence-corrected chi connectivity index (χ1v) is 6.18. The minimum atomic E-state index is -0.267. The lowest BCUT2D eigenvalue weighted by molar-refractivity contribution is 0.515. The van der Waals surface area contributed by atoms with Crippen molar-refractivity contribution >= 4 is 22.6 Å². The highest BCUT2D eigenvalue weighted by atomic mass is 127. The van der Waals surface area contributed by atoms with Crippen LogP contribution in [-0.4, -0.2) is 0 Å². The molecule has 0 aliphatic heterocycles. The second-order valence-electron chi connectivity index (χ2n) is 3.46. The SMILES string of the molecule is CCc1cc(I)c(=O)oc1-c1ccccc1. The summed E-state index contributed by atoms with van der Waals surface area (Å²) in [6.45, 7) is 2.05. The second kappa shape index (κ2) is 4.82. The Kier molecular flexibility index (Phi) is 3.43. The van der Waals surface area contributed by atoms with Crippen LogP contribution in [0.25, 0.3) is 11.3 Å². The maximum absolute atomic E-state index is 11.5. The highest BCUT2D eigenvalue weighted by Gasteiger charge is 2.09. The Balaban J connectivity index is 2.65. The summed E-state index contributed by atoms with van der Waals surface area (Å²) >= 11 is 2.00. The molecule has 0 amide bonds. The quantitative estimate of drug-likeness (QED) is 0.791. The zero-order valence-electron chi connectivity index (χ0n) is 8.87. The summed E-state index contributed by atoms with van der Waals surface area (Å²) < 4.78 is 5.99. The topological polar surface area (TPSA) is 30.2 Å². The molecule has 0 spiro atoms. The standard InChI is InChI=1S/C13H11IO2/c1-2-9-8-11(14)13(15)16-12(9)10-6-4-3-5-7-10/h3-8H,2H2,1H3. The third-order valence-corrected chi connectivity index (χ3v) is 3.15. The molecular formula is C13H11IO2. The van der Waals surface area contributed by atoms with Crippen molar-refractivity contribution < 1.29 is 4.42 Å². The Labute approximate surface area is 107 Å². The molecule has 2 nitrogen and oxygen atoms in total. The van der Waals surface area contributed by atoms with Gasteiger partial charge >= 0.3 is 5.63 Å². The molecule has 1 heterocycles. The maximum atomic E-state index is 11.5. The van der Waals surface area contributed by atoms with Crippen LogP contribution in [0, 0.1) is 3.57 Å². The third-order valence-electron chi connectivity index (χ3n) is 2.40. The fraction of sp³-hybridized carbons (Fsp3) is 0.154. The van der Waals surface area contributed by atoms with Gasteiger partial charge in [-0.25, -0.2) is 4.79 Å². The van der Waals surface area contributed by atoms with Crippen LogP contribution < -0.4 is 5.63 Å². The van der Waals surface area contributed by atoms with Crippen molar-refractivity contribution in [1.82, 2.24) is 0 Å². The van der Waals surface area contributed by atoms with Crippen LogP contribution in [-0.2, 0) is 6.42 Å². The van der Waals surface area contributed by atoms with Gasteiger partial charge in [-0.1, -0.05) is 37.3 Å². The van der Waals surface area contributed by atoms with E-state index in [0.717, 1.165) is 17.5 Å². The Morgan fingerprint density at radius 2 is 1.94 bits per heavy atom. The number of halogens is 1. The number of hydrogen-bond donors (Lipinski definition) is 0. The minimum absolute atomic E-state index is 0.267. The van der Waals surface area contributed by atoms with Gasteiger partial charge in [0.15, 0.2) is 0 Å². The zero-order chi connectivity index (χ0) is 11.5. The van der Waals surface area contributed by atoms with E-state index in [4.69, 9.17) is 4.42 Å². The van der Waals surface area contributed by atoms with Crippen molar-refractivity contribution in [2.75, 3.05) is 0 Å². The first-order valence-electron chi connectivity index (χ1n) is 5.10. The lowest BCUT2D eigenvalue weighted by Crippen LogP contribution is -2.05. The summed E-state index contributed by atoms with van der Waals surface area (Å²) in [5.41, 5.74) is 1.75. The van der Waals surface area contributed by atoms with Crippen molar-refractivity contribution in [2.24, 2.45) is 0 Å². The molecular weight excluding hydrogens is 315 g/mol. The highest BCUT2D eigenvalue weighted by molar-refractivity contribution is 14.1. The fourth-order valence-corrected chi connectivity index (χ4v) is 2.07. The Bertz CT molecular complexity index is 544. The largest absolute Gasteiger partial charge is 0.422 e. The molecule has 0 fully saturated rings. The van der Waals surface area contributed by atoms with E-state index in [1.165, 1.54) is 0 Å². The minimum Gasteiger partial charge on any atom is -0.422 e. The van der Waals surface area contributed by atoms with Crippen LogP contribution >= 0.6 is 22.6 Å². The number of aryl methyl sites for hydroxylation is 1. The Hall–Kier alpha value is -1.10. The highest BCUT2D eigenvalue weighted by Crippen LogP contribution is 2.23. The third kappa shape index (κ3) is 2.19. The molecule has 0 radical (unpaired) electrons. The van der Waals surface area contributed by atoms with E-state index in [9.17, 15) is 4.79 Å². The van der Waals surface area contributed by atoms with Gasteiger partial charge < -0.3 is 4.42 Å². The maximum Gasteiger partial charge on any atom is 0.349 e. The normalized spacial score (nSPS) is 10.4. The number of benzene rings is 1. The van der Waals surface area contributed by atoms with Crippen LogP contribution in [0.15, 0.2) is 45.6 Å². The molecule has 0 N–H and O–H groups in total. The Morgan fingerprint density at radius 1 is 1.25 bits per heavy atom.